The minimum absolute atomic E-state index is 0.000981. The number of hydrogen-bond donors (Lipinski definition) is 2. The van der Waals surface area contributed by atoms with Crippen molar-refractivity contribution in [1.29, 1.82) is 5.26 Å². The first-order valence-corrected chi connectivity index (χ1v) is 7.08. The van der Waals surface area contributed by atoms with Gasteiger partial charge in [-0.25, -0.2) is 0 Å². The molecule has 0 heterocycles. The fourth-order valence-corrected chi connectivity index (χ4v) is 2.33. The molecule has 1 atom stereocenters. The van der Waals surface area contributed by atoms with Gasteiger partial charge in [-0.15, -0.1) is 0 Å². The molecule has 2 rings (SSSR count). The monoisotopic (exact) mass is 272 g/mol. The van der Waals surface area contributed by atoms with Crippen LogP contribution in [0.2, 0.25) is 0 Å². The molecule has 20 heavy (non-hydrogen) atoms. The van der Waals surface area contributed by atoms with Gasteiger partial charge in [0.2, 0.25) is 0 Å². The third kappa shape index (κ3) is 3.00. The summed E-state index contributed by atoms with van der Waals surface area (Å²) in [4.78, 5) is 12.1. The van der Waals surface area contributed by atoms with Gasteiger partial charge in [0, 0.05) is 18.2 Å². The third-order valence-corrected chi connectivity index (χ3v) is 3.97. The molecule has 1 aromatic carbocycles. The van der Waals surface area contributed by atoms with Gasteiger partial charge in [-0.05, 0) is 43.4 Å². The standard InChI is InChI=1S/C16H20N2O2/c1-2-14(7-10-19)18-15(20)12-3-5-13(6-4-12)16(11-17)8-9-16/h3-6,14,19H,2,7-10H2,1H3,(H,18,20). The molecule has 0 aromatic heterocycles. The van der Waals surface area contributed by atoms with Crippen molar-refractivity contribution in [1.82, 2.24) is 5.32 Å². The number of rotatable bonds is 6. The zero-order valence-corrected chi connectivity index (χ0v) is 11.7. The van der Waals surface area contributed by atoms with E-state index in [0.29, 0.717) is 12.0 Å². The lowest BCUT2D eigenvalue weighted by Crippen LogP contribution is -2.35. The highest BCUT2D eigenvalue weighted by Gasteiger charge is 2.44. The van der Waals surface area contributed by atoms with Gasteiger partial charge in [-0.2, -0.15) is 5.26 Å². The fourth-order valence-electron chi connectivity index (χ4n) is 2.33. The number of nitrogens with zero attached hydrogens (tertiary/aromatic N) is 1. The van der Waals surface area contributed by atoms with Gasteiger partial charge in [0.05, 0.1) is 11.5 Å². The van der Waals surface area contributed by atoms with Crippen molar-refractivity contribution in [2.24, 2.45) is 0 Å². The van der Waals surface area contributed by atoms with Crippen molar-refractivity contribution >= 4 is 5.91 Å². The predicted molar refractivity (Wildman–Crippen MR) is 76.2 cm³/mol. The molecule has 1 amide bonds. The Balaban J connectivity index is 2.03. The van der Waals surface area contributed by atoms with Crippen LogP contribution in [0.3, 0.4) is 0 Å². The number of carbonyl (C=O) groups excluding carboxylic acids is 1. The van der Waals surface area contributed by atoms with E-state index in [4.69, 9.17) is 10.4 Å². The quantitative estimate of drug-likeness (QED) is 0.833. The van der Waals surface area contributed by atoms with E-state index >= 15 is 0 Å². The summed E-state index contributed by atoms with van der Waals surface area (Å²) in [5, 5.41) is 21.0. The van der Waals surface area contributed by atoms with Gasteiger partial charge in [-0.1, -0.05) is 19.1 Å². The lowest BCUT2D eigenvalue weighted by molar-refractivity contribution is 0.0929. The van der Waals surface area contributed by atoms with Crippen LogP contribution in [0.1, 0.15) is 48.5 Å². The summed E-state index contributed by atoms with van der Waals surface area (Å²) < 4.78 is 0. The number of hydrogen-bond acceptors (Lipinski definition) is 3. The average molecular weight is 272 g/mol. The first kappa shape index (κ1) is 14.5. The first-order chi connectivity index (χ1) is 9.65. The lowest BCUT2D eigenvalue weighted by atomic mass is 9.96. The highest BCUT2D eigenvalue weighted by molar-refractivity contribution is 5.94. The van der Waals surface area contributed by atoms with E-state index < -0.39 is 0 Å². The van der Waals surface area contributed by atoms with Crippen LogP contribution in [0, 0.1) is 11.3 Å². The van der Waals surface area contributed by atoms with Crippen molar-refractivity contribution in [2.75, 3.05) is 6.61 Å². The van der Waals surface area contributed by atoms with Gasteiger partial charge in [0.15, 0.2) is 0 Å². The Kier molecular flexibility index (Phi) is 4.41. The minimum atomic E-state index is -0.308. The van der Waals surface area contributed by atoms with Gasteiger partial charge >= 0.3 is 0 Å². The summed E-state index contributed by atoms with van der Waals surface area (Å²) in [5.41, 5.74) is 1.29. The predicted octanol–water partition coefficient (Wildman–Crippen LogP) is 2.13. The topological polar surface area (TPSA) is 73.1 Å². The van der Waals surface area contributed by atoms with E-state index in [1.165, 1.54) is 0 Å². The second-order valence-electron chi connectivity index (χ2n) is 5.36. The fraction of sp³-hybridized carbons (Fsp3) is 0.500. The number of aliphatic hydroxyl groups excluding tert-OH is 1. The first-order valence-electron chi connectivity index (χ1n) is 7.08. The maximum absolute atomic E-state index is 12.1. The van der Waals surface area contributed by atoms with Crippen LogP contribution in [0.25, 0.3) is 0 Å². The van der Waals surface area contributed by atoms with Crippen LogP contribution in [0.15, 0.2) is 24.3 Å². The average Bonchev–Trinajstić information content (AvgIpc) is 3.28. The highest BCUT2D eigenvalue weighted by Crippen LogP contribution is 2.47. The van der Waals surface area contributed by atoms with Crippen LogP contribution in [0.4, 0.5) is 0 Å². The largest absolute Gasteiger partial charge is 0.396 e. The molecule has 106 valence electrons. The molecule has 0 saturated heterocycles. The molecule has 1 aliphatic rings. The molecule has 2 N–H and O–H groups in total. The summed E-state index contributed by atoms with van der Waals surface area (Å²) >= 11 is 0. The highest BCUT2D eigenvalue weighted by atomic mass is 16.3. The second-order valence-corrected chi connectivity index (χ2v) is 5.36. The van der Waals surface area contributed by atoms with Crippen LogP contribution < -0.4 is 5.32 Å². The number of carbonyl (C=O) groups is 1. The lowest BCUT2D eigenvalue weighted by Gasteiger charge is -2.16. The molecule has 4 nitrogen and oxygen atoms in total. The third-order valence-electron chi connectivity index (χ3n) is 3.97. The van der Waals surface area contributed by atoms with Crippen molar-refractivity contribution in [2.45, 2.75) is 44.1 Å². The Labute approximate surface area is 119 Å². The number of amides is 1. The molecule has 0 spiro atoms. The van der Waals surface area contributed by atoms with Crippen molar-refractivity contribution in [3.05, 3.63) is 35.4 Å². The molecule has 0 radical (unpaired) electrons. The Bertz CT molecular complexity index is 512. The van der Waals surface area contributed by atoms with Crippen LogP contribution in [-0.2, 0) is 5.41 Å². The maximum Gasteiger partial charge on any atom is 0.251 e. The van der Waals surface area contributed by atoms with Crippen molar-refractivity contribution in [3.63, 3.8) is 0 Å². The van der Waals surface area contributed by atoms with Gasteiger partial charge < -0.3 is 10.4 Å². The molecule has 0 bridgehead atoms. The number of benzene rings is 1. The van der Waals surface area contributed by atoms with Crippen LogP contribution in [0.5, 0.6) is 0 Å². The van der Waals surface area contributed by atoms with Crippen molar-refractivity contribution < 1.29 is 9.90 Å². The summed E-state index contributed by atoms with van der Waals surface area (Å²) in [5.74, 6) is -0.126. The molecule has 1 saturated carbocycles. The molecule has 0 aliphatic heterocycles. The normalized spacial score (nSPS) is 17.1. The Hall–Kier alpha value is -1.86. The molecule has 1 aliphatic carbocycles. The van der Waals surface area contributed by atoms with Gasteiger partial charge in [0.25, 0.3) is 5.91 Å². The summed E-state index contributed by atoms with van der Waals surface area (Å²) in [6, 6.07) is 9.64. The SMILES string of the molecule is CCC(CCO)NC(=O)c1ccc(C2(C#N)CC2)cc1. The van der Waals surface area contributed by atoms with Gasteiger partial charge in [0.1, 0.15) is 0 Å². The van der Waals surface area contributed by atoms with E-state index in [-0.39, 0.29) is 24.0 Å². The number of nitrogens with one attached hydrogen (secondary N) is 1. The summed E-state index contributed by atoms with van der Waals surface area (Å²) in [7, 11) is 0. The summed E-state index contributed by atoms with van der Waals surface area (Å²) in [6.07, 6.45) is 3.17. The zero-order valence-electron chi connectivity index (χ0n) is 11.7. The van der Waals surface area contributed by atoms with E-state index in [1.54, 1.807) is 12.1 Å². The van der Waals surface area contributed by atoms with E-state index in [9.17, 15) is 4.79 Å². The van der Waals surface area contributed by atoms with E-state index in [2.05, 4.69) is 11.4 Å². The van der Waals surface area contributed by atoms with Crippen LogP contribution >= 0.6 is 0 Å². The maximum atomic E-state index is 12.1. The summed E-state index contributed by atoms with van der Waals surface area (Å²) in [6.45, 7) is 2.05. The number of aliphatic hydroxyl groups is 1. The Morgan fingerprint density at radius 1 is 1.45 bits per heavy atom. The zero-order chi connectivity index (χ0) is 14.6. The number of nitriles is 1. The smallest absolute Gasteiger partial charge is 0.251 e. The molecule has 1 fully saturated rings. The Morgan fingerprint density at radius 2 is 2.10 bits per heavy atom. The van der Waals surface area contributed by atoms with Gasteiger partial charge in [-0.3, -0.25) is 4.79 Å². The molecule has 1 unspecified atom stereocenters. The van der Waals surface area contributed by atoms with Crippen molar-refractivity contribution in [3.8, 4) is 6.07 Å². The van der Waals surface area contributed by atoms with E-state index in [1.807, 2.05) is 19.1 Å². The second kappa shape index (κ2) is 6.06. The molecule has 1 aromatic rings. The molecular weight excluding hydrogens is 252 g/mol. The molecule has 4 heteroatoms. The van der Waals surface area contributed by atoms with E-state index in [0.717, 1.165) is 24.8 Å². The van der Waals surface area contributed by atoms with Crippen LogP contribution in [-0.4, -0.2) is 23.7 Å². The molecular formula is C16H20N2O2. The Morgan fingerprint density at radius 3 is 2.55 bits per heavy atom. The minimum Gasteiger partial charge on any atom is -0.396 e.